The van der Waals surface area contributed by atoms with Gasteiger partial charge in [0.2, 0.25) is 0 Å². The molecule has 3 N–H and O–H groups in total. The molecule has 0 aromatic carbocycles. The van der Waals surface area contributed by atoms with Crippen LogP contribution in [0.25, 0.3) is 0 Å². The normalized spacial score (nSPS) is 10.2. The summed E-state index contributed by atoms with van der Waals surface area (Å²) in [7, 11) is 0. The van der Waals surface area contributed by atoms with Gasteiger partial charge in [-0.3, -0.25) is 4.79 Å². The predicted molar refractivity (Wildman–Crippen MR) is 73.0 cm³/mol. The number of nitrogens with one attached hydrogen (secondary N) is 3. The number of hydrogen-bond acceptors (Lipinski definition) is 4. The average Bonchev–Trinajstić information content (AvgIpc) is 2.92. The second-order valence-corrected chi connectivity index (χ2v) is 4.02. The van der Waals surface area contributed by atoms with Crippen LogP contribution >= 0.6 is 0 Å². The van der Waals surface area contributed by atoms with E-state index in [1.54, 1.807) is 18.6 Å². The SMILES string of the molecule is CCNc1cccc(C(=O)NCCc2cnc[nH]2)n1. The third kappa shape index (κ3) is 3.80. The minimum Gasteiger partial charge on any atom is -0.370 e. The Kier molecular flexibility index (Phi) is 4.49. The van der Waals surface area contributed by atoms with Gasteiger partial charge in [-0.1, -0.05) is 6.07 Å². The van der Waals surface area contributed by atoms with Gasteiger partial charge in [0, 0.05) is 31.4 Å². The molecule has 0 fully saturated rings. The lowest BCUT2D eigenvalue weighted by Gasteiger charge is -2.06. The van der Waals surface area contributed by atoms with Crippen molar-refractivity contribution < 1.29 is 4.79 Å². The van der Waals surface area contributed by atoms with Crippen LogP contribution in [0.15, 0.2) is 30.7 Å². The van der Waals surface area contributed by atoms with Crippen LogP contribution in [0.3, 0.4) is 0 Å². The topological polar surface area (TPSA) is 82.7 Å². The maximum absolute atomic E-state index is 11.9. The second kappa shape index (κ2) is 6.53. The number of carbonyl (C=O) groups excluding carboxylic acids is 1. The van der Waals surface area contributed by atoms with E-state index < -0.39 is 0 Å². The number of aromatic nitrogens is 3. The molecule has 0 atom stereocenters. The molecule has 0 radical (unpaired) electrons. The van der Waals surface area contributed by atoms with E-state index in [1.807, 2.05) is 19.1 Å². The van der Waals surface area contributed by atoms with Crippen LogP contribution < -0.4 is 10.6 Å². The summed E-state index contributed by atoms with van der Waals surface area (Å²) in [5, 5.41) is 5.91. The van der Waals surface area contributed by atoms with Gasteiger partial charge in [0.05, 0.1) is 6.33 Å². The summed E-state index contributed by atoms with van der Waals surface area (Å²) in [6, 6.07) is 5.35. The number of carbonyl (C=O) groups is 1. The van der Waals surface area contributed by atoms with Gasteiger partial charge in [-0.25, -0.2) is 9.97 Å². The van der Waals surface area contributed by atoms with Gasteiger partial charge in [0.1, 0.15) is 11.5 Å². The van der Waals surface area contributed by atoms with Crippen LogP contribution in [-0.2, 0) is 6.42 Å². The van der Waals surface area contributed by atoms with Crippen LogP contribution in [0.5, 0.6) is 0 Å². The maximum atomic E-state index is 11.9. The van der Waals surface area contributed by atoms with E-state index in [9.17, 15) is 4.79 Å². The number of amides is 1. The van der Waals surface area contributed by atoms with Crippen LogP contribution in [-0.4, -0.2) is 33.9 Å². The number of anilines is 1. The van der Waals surface area contributed by atoms with Crippen LogP contribution in [0, 0.1) is 0 Å². The first-order chi connectivity index (χ1) is 9.29. The standard InChI is InChI=1S/C13H17N5O/c1-2-15-12-5-3-4-11(18-12)13(19)16-7-6-10-8-14-9-17-10/h3-5,8-9H,2,6-7H2,1H3,(H,14,17)(H,15,18)(H,16,19). The summed E-state index contributed by atoms with van der Waals surface area (Å²) in [5.41, 5.74) is 1.41. The van der Waals surface area contributed by atoms with Gasteiger partial charge >= 0.3 is 0 Å². The number of rotatable bonds is 6. The fourth-order valence-corrected chi connectivity index (χ4v) is 1.66. The Morgan fingerprint density at radius 3 is 3.05 bits per heavy atom. The van der Waals surface area contributed by atoms with Crippen LogP contribution in [0.4, 0.5) is 5.82 Å². The molecule has 0 saturated heterocycles. The Morgan fingerprint density at radius 2 is 2.32 bits per heavy atom. The largest absolute Gasteiger partial charge is 0.370 e. The molecule has 6 nitrogen and oxygen atoms in total. The average molecular weight is 259 g/mol. The molecule has 2 aromatic rings. The molecule has 0 aliphatic heterocycles. The highest BCUT2D eigenvalue weighted by Gasteiger charge is 2.07. The van der Waals surface area contributed by atoms with Crippen molar-refractivity contribution in [3.05, 3.63) is 42.1 Å². The minimum absolute atomic E-state index is 0.167. The minimum atomic E-state index is -0.167. The van der Waals surface area contributed by atoms with E-state index >= 15 is 0 Å². The first-order valence-corrected chi connectivity index (χ1v) is 6.26. The quantitative estimate of drug-likeness (QED) is 0.728. The lowest BCUT2D eigenvalue weighted by atomic mass is 10.3. The fourth-order valence-electron chi connectivity index (χ4n) is 1.66. The molecule has 0 spiro atoms. The Labute approximate surface area is 111 Å². The summed E-state index contributed by atoms with van der Waals surface area (Å²) in [6.07, 6.45) is 4.09. The smallest absolute Gasteiger partial charge is 0.269 e. The van der Waals surface area contributed by atoms with Crippen molar-refractivity contribution in [1.29, 1.82) is 0 Å². The number of pyridine rings is 1. The summed E-state index contributed by atoms with van der Waals surface area (Å²) in [5.74, 6) is 0.544. The molecule has 2 rings (SSSR count). The third-order valence-corrected chi connectivity index (χ3v) is 2.57. The zero-order valence-electron chi connectivity index (χ0n) is 10.8. The van der Waals surface area contributed by atoms with Crippen molar-refractivity contribution in [2.45, 2.75) is 13.3 Å². The molecule has 0 aliphatic carbocycles. The summed E-state index contributed by atoms with van der Waals surface area (Å²) in [6.45, 7) is 3.31. The van der Waals surface area contributed by atoms with Crippen molar-refractivity contribution in [2.75, 3.05) is 18.4 Å². The Balaban J connectivity index is 1.87. The van der Waals surface area contributed by atoms with E-state index in [4.69, 9.17) is 0 Å². The molecule has 2 aromatic heterocycles. The van der Waals surface area contributed by atoms with Crippen molar-refractivity contribution in [2.24, 2.45) is 0 Å². The van der Waals surface area contributed by atoms with E-state index in [2.05, 4.69) is 25.6 Å². The van der Waals surface area contributed by atoms with E-state index in [0.29, 0.717) is 18.1 Å². The molecule has 1 amide bonds. The van der Waals surface area contributed by atoms with Gasteiger partial charge in [-0.05, 0) is 19.1 Å². The number of aromatic amines is 1. The maximum Gasteiger partial charge on any atom is 0.269 e. The van der Waals surface area contributed by atoms with Crippen molar-refractivity contribution >= 4 is 11.7 Å². The van der Waals surface area contributed by atoms with Gasteiger partial charge in [0.15, 0.2) is 0 Å². The molecular weight excluding hydrogens is 242 g/mol. The van der Waals surface area contributed by atoms with E-state index in [1.165, 1.54) is 0 Å². The molecular formula is C13H17N5O. The van der Waals surface area contributed by atoms with Crippen molar-refractivity contribution in [3.8, 4) is 0 Å². The molecule has 2 heterocycles. The van der Waals surface area contributed by atoms with Crippen molar-refractivity contribution in [3.63, 3.8) is 0 Å². The third-order valence-electron chi connectivity index (χ3n) is 2.57. The van der Waals surface area contributed by atoms with Gasteiger partial charge in [0.25, 0.3) is 5.91 Å². The highest BCUT2D eigenvalue weighted by molar-refractivity contribution is 5.92. The summed E-state index contributed by atoms with van der Waals surface area (Å²) in [4.78, 5) is 23.0. The van der Waals surface area contributed by atoms with E-state index in [0.717, 1.165) is 18.7 Å². The zero-order valence-corrected chi connectivity index (χ0v) is 10.8. The zero-order chi connectivity index (χ0) is 13.5. The summed E-state index contributed by atoms with van der Waals surface area (Å²) >= 11 is 0. The lowest BCUT2D eigenvalue weighted by Crippen LogP contribution is -2.26. The lowest BCUT2D eigenvalue weighted by molar-refractivity contribution is 0.0949. The molecule has 6 heteroatoms. The number of H-pyrrole nitrogens is 1. The Morgan fingerprint density at radius 1 is 1.42 bits per heavy atom. The number of imidazole rings is 1. The van der Waals surface area contributed by atoms with Crippen molar-refractivity contribution in [1.82, 2.24) is 20.3 Å². The second-order valence-electron chi connectivity index (χ2n) is 4.02. The van der Waals surface area contributed by atoms with Gasteiger partial charge in [-0.2, -0.15) is 0 Å². The molecule has 100 valence electrons. The summed E-state index contributed by atoms with van der Waals surface area (Å²) < 4.78 is 0. The fraction of sp³-hybridized carbons (Fsp3) is 0.308. The molecule has 0 bridgehead atoms. The van der Waals surface area contributed by atoms with Gasteiger partial charge < -0.3 is 15.6 Å². The first kappa shape index (κ1) is 13.1. The molecule has 0 unspecified atom stereocenters. The van der Waals surface area contributed by atoms with Gasteiger partial charge in [-0.15, -0.1) is 0 Å². The molecule has 19 heavy (non-hydrogen) atoms. The molecule has 0 saturated carbocycles. The predicted octanol–water partition coefficient (Wildman–Crippen LogP) is 1.21. The van der Waals surface area contributed by atoms with Crippen LogP contribution in [0.1, 0.15) is 23.1 Å². The highest BCUT2D eigenvalue weighted by Crippen LogP contribution is 2.04. The number of nitrogens with zero attached hydrogens (tertiary/aromatic N) is 2. The molecule has 0 aliphatic rings. The first-order valence-electron chi connectivity index (χ1n) is 6.26. The van der Waals surface area contributed by atoms with Crippen LogP contribution in [0.2, 0.25) is 0 Å². The highest BCUT2D eigenvalue weighted by atomic mass is 16.1. The van der Waals surface area contributed by atoms with E-state index in [-0.39, 0.29) is 5.91 Å². The number of hydrogen-bond donors (Lipinski definition) is 3. The Bertz CT molecular complexity index is 524. The monoisotopic (exact) mass is 259 g/mol. The Hall–Kier alpha value is -2.37.